The topological polar surface area (TPSA) is 105 Å². The van der Waals surface area contributed by atoms with E-state index in [0.29, 0.717) is 27.4 Å². The summed E-state index contributed by atoms with van der Waals surface area (Å²) in [5.74, 6) is 0.981. The number of nitrogens with one attached hydrogen (secondary N) is 1. The number of rotatable bonds is 5. The van der Waals surface area contributed by atoms with Gasteiger partial charge in [0.1, 0.15) is 16.8 Å². The summed E-state index contributed by atoms with van der Waals surface area (Å²) in [7, 11) is 0. The number of nitriles is 1. The molecule has 3 aromatic heterocycles. The Balaban J connectivity index is 1.40. The Bertz CT molecular complexity index is 1030. The van der Waals surface area contributed by atoms with E-state index in [1.54, 1.807) is 12.3 Å². The second-order valence-corrected chi connectivity index (χ2v) is 8.16. The first kappa shape index (κ1) is 17.8. The highest BCUT2D eigenvalue weighted by molar-refractivity contribution is 7.99. The van der Waals surface area contributed by atoms with Crippen molar-refractivity contribution in [3.8, 4) is 17.5 Å². The van der Waals surface area contributed by atoms with Gasteiger partial charge in [0.05, 0.1) is 23.1 Å². The molecule has 138 valence electrons. The molecule has 0 saturated carbocycles. The molecule has 0 spiro atoms. The van der Waals surface area contributed by atoms with Gasteiger partial charge in [-0.3, -0.25) is 4.79 Å². The van der Waals surface area contributed by atoms with Gasteiger partial charge in [0, 0.05) is 4.88 Å². The van der Waals surface area contributed by atoms with Crippen molar-refractivity contribution in [3.05, 3.63) is 34.1 Å². The lowest BCUT2D eigenvalue weighted by Crippen LogP contribution is -2.14. The Hall–Kier alpha value is -2.57. The molecule has 27 heavy (non-hydrogen) atoms. The monoisotopic (exact) mass is 400 g/mol. The van der Waals surface area contributed by atoms with Gasteiger partial charge in [-0.2, -0.15) is 5.26 Å². The average Bonchev–Trinajstić information content (AvgIpc) is 3.37. The molecule has 7 nitrogen and oxygen atoms in total. The molecule has 1 amide bonds. The number of furan rings is 1. The minimum Gasteiger partial charge on any atom is -0.469 e. The molecule has 0 aromatic carbocycles. The van der Waals surface area contributed by atoms with Gasteiger partial charge in [-0.25, -0.2) is 0 Å². The number of aromatic nitrogens is 2. The number of thiophene rings is 1. The first-order chi connectivity index (χ1) is 13.2. The maximum Gasteiger partial charge on any atom is 0.277 e. The van der Waals surface area contributed by atoms with Crippen molar-refractivity contribution in [2.24, 2.45) is 0 Å². The summed E-state index contributed by atoms with van der Waals surface area (Å²) < 4.78 is 10.8. The van der Waals surface area contributed by atoms with Gasteiger partial charge in [-0.1, -0.05) is 11.8 Å². The Morgan fingerprint density at radius 1 is 1.41 bits per heavy atom. The number of nitrogens with zero attached hydrogens (tertiary/aromatic N) is 3. The third kappa shape index (κ3) is 3.63. The Kier molecular flexibility index (Phi) is 5.01. The van der Waals surface area contributed by atoms with Crippen LogP contribution >= 0.6 is 23.1 Å². The lowest BCUT2D eigenvalue weighted by Gasteiger charge is -2.09. The molecule has 1 aliphatic rings. The quantitative estimate of drug-likeness (QED) is 0.640. The first-order valence-electron chi connectivity index (χ1n) is 8.51. The molecule has 0 atom stereocenters. The Morgan fingerprint density at radius 3 is 3.04 bits per heavy atom. The minimum absolute atomic E-state index is 0.124. The van der Waals surface area contributed by atoms with Crippen molar-refractivity contribution in [1.82, 2.24) is 10.2 Å². The Morgan fingerprint density at radius 2 is 2.26 bits per heavy atom. The van der Waals surface area contributed by atoms with Gasteiger partial charge in [-0.05, 0) is 44.2 Å². The third-order valence-electron chi connectivity index (χ3n) is 4.36. The molecule has 0 saturated heterocycles. The van der Waals surface area contributed by atoms with Gasteiger partial charge in [0.25, 0.3) is 11.1 Å². The van der Waals surface area contributed by atoms with Crippen LogP contribution in [0.3, 0.4) is 0 Å². The number of aryl methyl sites for hydroxylation is 2. The van der Waals surface area contributed by atoms with Crippen LogP contribution in [0.15, 0.2) is 26.4 Å². The van der Waals surface area contributed by atoms with Crippen LogP contribution in [0.1, 0.15) is 34.6 Å². The van der Waals surface area contributed by atoms with Gasteiger partial charge in [0.15, 0.2) is 0 Å². The van der Waals surface area contributed by atoms with Crippen LogP contribution in [-0.4, -0.2) is 21.9 Å². The molecule has 1 aliphatic carbocycles. The van der Waals surface area contributed by atoms with Crippen molar-refractivity contribution in [3.63, 3.8) is 0 Å². The predicted molar refractivity (Wildman–Crippen MR) is 102 cm³/mol. The fourth-order valence-corrected chi connectivity index (χ4v) is 4.87. The van der Waals surface area contributed by atoms with Crippen LogP contribution in [0.5, 0.6) is 0 Å². The third-order valence-corrected chi connectivity index (χ3v) is 6.38. The van der Waals surface area contributed by atoms with Gasteiger partial charge >= 0.3 is 0 Å². The van der Waals surface area contributed by atoms with Crippen molar-refractivity contribution in [2.75, 3.05) is 11.1 Å². The second-order valence-electron chi connectivity index (χ2n) is 6.13. The molecule has 0 aliphatic heterocycles. The lowest BCUT2D eigenvalue weighted by molar-refractivity contribution is -0.113. The van der Waals surface area contributed by atoms with E-state index >= 15 is 0 Å². The van der Waals surface area contributed by atoms with Gasteiger partial charge in [-0.15, -0.1) is 21.5 Å². The summed E-state index contributed by atoms with van der Waals surface area (Å²) >= 11 is 2.67. The van der Waals surface area contributed by atoms with E-state index in [1.807, 2.05) is 6.92 Å². The van der Waals surface area contributed by atoms with Crippen LogP contribution in [-0.2, 0) is 17.6 Å². The van der Waals surface area contributed by atoms with Crippen LogP contribution in [0.2, 0.25) is 0 Å². The average molecular weight is 400 g/mol. The summed E-state index contributed by atoms with van der Waals surface area (Å²) in [6, 6.07) is 4.00. The van der Waals surface area contributed by atoms with E-state index in [9.17, 15) is 10.1 Å². The number of carbonyl (C=O) groups is 1. The highest BCUT2D eigenvalue weighted by atomic mass is 32.2. The van der Waals surface area contributed by atoms with Crippen LogP contribution < -0.4 is 5.32 Å². The normalized spacial score (nSPS) is 13.2. The lowest BCUT2D eigenvalue weighted by atomic mass is 9.96. The fraction of sp³-hybridized carbons (Fsp3) is 0.333. The SMILES string of the molecule is Cc1occc1-c1nnc(SCC(=O)Nc2sc3c(c2C#N)CCCC3)o1. The van der Waals surface area contributed by atoms with Crippen molar-refractivity contribution >= 4 is 34.0 Å². The number of thioether (sulfide) groups is 1. The molecule has 0 radical (unpaired) electrons. The molecule has 0 unspecified atom stereocenters. The molecule has 3 aromatic rings. The standard InChI is InChI=1S/C18H16N4O3S2/c1-10-11(6-7-24-10)16-21-22-18(25-16)26-9-15(23)20-17-13(8-19)12-4-2-3-5-14(12)27-17/h6-7H,2-5,9H2,1H3,(H,20,23). The summed E-state index contributed by atoms with van der Waals surface area (Å²) in [6.45, 7) is 1.81. The van der Waals surface area contributed by atoms with Crippen molar-refractivity contribution in [1.29, 1.82) is 5.26 Å². The van der Waals surface area contributed by atoms with Crippen LogP contribution in [0, 0.1) is 18.3 Å². The zero-order valence-corrected chi connectivity index (χ0v) is 16.2. The Labute approximate surface area is 163 Å². The first-order valence-corrected chi connectivity index (χ1v) is 10.3. The summed E-state index contributed by atoms with van der Waals surface area (Å²) in [5.41, 5.74) is 2.46. The van der Waals surface area contributed by atoms with Crippen molar-refractivity contribution < 1.29 is 13.6 Å². The second kappa shape index (κ2) is 7.58. The van der Waals surface area contributed by atoms with E-state index in [-0.39, 0.29) is 11.7 Å². The predicted octanol–water partition coefficient (Wildman–Crippen LogP) is 4.18. The highest BCUT2D eigenvalue weighted by Crippen LogP contribution is 2.37. The maximum atomic E-state index is 12.3. The number of anilines is 1. The number of amides is 1. The molecule has 3 heterocycles. The molecule has 1 N–H and O–H groups in total. The molecule has 4 rings (SSSR count). The van der Waals surface area contributed by atoms with Crippen molar-refractivity contribution in [2.45, 2.75) is 37.8 Å². The van der Waals surface area contributed by atoms with E-state index in [2.05, 4.69) is 21.6 Å². The number of hydrogen-bond donors (Lipinski definition) is 1. The number of carbonyl (C=O) groups excluding carboxylic acids is 1. The fourth-order valence-electron chi connectivity index (χ4n) is 3.05. The molecule has 0 fully saturated rings. The number of hydrogen-bond acceptors (Lipinski definition) is 8. The smallest absolute Gasteiger partial charge is 0.277 e. The molecular formula is C18H16N4O3S2. The zero-order chi connectivity index (χ0) is 18.8. The molecule has 9 heteroatoms. The minimum atomic E-state index is -0.200. The van der Waals surface area contributed by atoms with Gasteiger partial charge in [0.2, 0.25) is 5.91 Å². The largest absolute Gasteiger partial charge is 0.469 e. The highest BCUT2D eigenvalue weighted by Gasteiger charge is 2.22. The molecular weight excluding hydrogens is 384 g/mol. The summed E-state index contributed by atoms with van der Waals surface area (Å²) in [5, 5.41) is 21.2. The summed E-state index contributed by atoms with van der Waals surface area (Å²) in [4.78, 5) is 13.5. The zero-order valence-electron chi connectivity index (χ0n) is 14.6. The maximum absolute atomic E-state index is 12.3. The van der Waals surface area contributed by atoms with E-state index < -0.39 is 0 Å². The van der Waals surface area contributed by atoms with E-state index in [4.69, 9.17) is 8.83 Å². The van der Waals surface area contributed by atoms with E-state index in [0.717, 1.165) is 48.6 Å². The van der Waals surface area contributed by atoms with Crippen LogP contribution in [0.4, 0.5) is 5.00 Å². The summed E-state index contributed by atoms with van der Waals surface area (Å²) in [6.07, 6.45) is 5.69. The van der Waals surface area contributed by atoms with E-state index in [1.165, 1.54) is 16.2 Å². The van der Waals surface area contributed by atoms with Gasteiger partial charge < -0.3 is 14.2 Å². The van der Waals surface area contributed by atoms with Crippen LogP contribution in [0.25, 0.3) is 11.5 Å². The number of fused-ring (bicyclic) bond motifs is 1. The molecule has 0 bridgehead atoms.